The maximum absolute atomic E-state index is 14.2. The standard InChI is InChI=1S/C27H23N3O3S/c1-3-33-23-13-10-19-8-4-5-9-21(19)25(23)26(31)30(17-18-7-6-14-28-16-18)27-29-22-12-11-20(32-2)15-24(22)34-27/h4-16H,3,17H2,1-2H3. The quantitative estimate of drug-likeness (QED) is 0.288. The van der Waals surface area contributed by atoms with Crippen LogP contribution in [0.3, 0.4) is 0 Å². The van der Waals surface area contributed by atoms with Gasteiger partial charge in [-0.25, -0.2) is 4.98 Å². The van der Waals surface area contributed by atoms with Gasteiger partial charge < -0.3 is 9.47 Å². The van der Waals surface area contributed by atoms with E-state index in [0.717, 1.165) is 32.3 Å². The molecule has 0 aliphatic rings. The van der Waals surface area contributed by atoms with Gasteiger partial charge in [0.05, 0.1) is 36.0 Å². The van der Waals surface area contributed by atoms with Gasteiger partial charge in [-0.15, -0.1) is 0 Å². The molecule has 0 bridgehead atoms. The van der Waals surface area contributed by atoms with Crippen molar-refractivity contribution in [1.29, 1.82) is 0 Å². The number of benzene rings is 3. The van der Waals surface area contributed by atoms with Crippen LogP contribution in [0.1, 0.15) is 22.8 Å². The molecule has 0 aliphatic carbocycles. The summed E-state index contributed by atoms with van der Waals surface area (Å²) >= 11 is 1.45. The number of hydrogen-bond donors (Lipinski definition) is 0. The molecule has 6 nitrogen and oxygen atoms in total. The summed E-state index contributed by atoms with van der Waals surface area (Å²) in [7, 11) is 1.64. The van der Waals surface area contributed by atoms with Gasteiger partial charge in [-0.3, -0.25) is 14.7 Å². The molecule has 7 heteroatoms. The Morgan fingerprint density at radius 1 is 1.06 bits per heavy atom. The highest BCUT2D eigenvalue weighted by Crippen LogP contribution is 2.36. The molecule has 5 rings (SSSR count). The third-order valence-corrected chi connectivity index (χ3v) is 6.57. The zero-order valence-corrected chi connectivity index (χ0v) is 19.7. The highest BCUT2D eigenvalue weighted by Gasteiger charge is 2.26. The number of amides is 1. The first-order valence-corrected chi connectivity index (χ1v) is 11.8. The Kier molecular flexibility index (Phi) is 6.10. The molecular formula is C27H23N3O3S. The summed E-state index contributed by atoms with van der Waals surface area (Å²) in [6, 6.07) is 21.2. The van der Waals surface area contributed by atoms with Crippen LogP contribution in [0.15, 0.2) is 79.1 Å². The van der Waals surface area contributed by atoms with Crippen LogP contribution < -0.4 is 14.4 Å². The Bertz CT molecular complexity index is 1470. The lowest BCUT2D eigenvalue weighted by molar-refractivity contribution is 0.0983. The van der Waals surface area contributed by atoms with Gasteiger partial charge in [0.2, 0.25) is 0 Å². The van der Waals surface area contributed by atoms with E-state index in [1.54, 1.807) is 24.4 Å². The number of carbonyl (C=O) groups is 1. The van der Waals surface area contributed by atoms with Gasteiger partial charge in [0.25, 0.3) is 5.91 Å². The van der Waals surface area contributed by atoms with Gasteiger partial charge in [0.15, 0.2) is 5.13 Å². The summed E-state index contributed by atoms with van der Waals surface area (Å²) in [5.74, 6) is 1.14. The molecule has 0 fully saturated rings. The van der Waals surface area contributed by atoms with Gasteiger partial charge in [0.1, 0.15) is 11.5 Å². The van der Waals surface area contributed by atoms with Crippen molar-refractivity contribution in [3.63, 3.8) is 0 Å². The normalized spacial score (nSPS) is 11.0. The van der Waals surface area contributed by atoms with Crippen molar-refractivity contribution in [3.05, 3.63) is 90.3 Å². The van der Waals surface area contributed by atoms with Crippen molar-refractivity contribution in [2.24, 2.45) is 0 Å². The molecule has 34 heavy (non-hydrogen) atoms. The largest absolute Gasteiger partial charge is 0.497 e. The van der Waals surface area contributed by atoms with E-state index in [0.29, 0.717) is 29.6 Å². The summed E-state index contributed by atoms with van der Waals surface area (Å²) in [6.45, 7) is 2.71. The van der Waals surface area contributed by atoms with Crippen molar-refractivity contribution in [3.8, 4) is 11.5 Å². The van der Waals surface area contributed by atoms with Crippen LogP contribution in [-0.4, -0.2) is 29.6 Å². The van der Waals surface area contributed by atoms with E-state index >= 15 is 0 Å². The first-order chi connectivity index (χ1) is 16.7. The van der Waals surface area contributed by atoms with Crippen molar-refractivity contribution >= 4 is 43.4 Å². The second kappa shape index (κ2) is 9.49. The minimum Gasteiger partial charge on any atom is -0.497 e. The fourth-order valence-corrected chi connectivity index (χ4v) is 4.91. The van der Waals surface area contributed by atoms with E-state index in [1.165, 1.54) is 11.3 Å². The van der Waals surface area contributed by atoms with E-state index in [1.807, 2.05) is 73.7 Å². The number of rotatable bonds is 7. The molecule has 0 aliphatic heterocycles. The molecule has 0 N–H and O–H groups in total. The Labute approximate surface area is 201 Å². The maximum Gasteiger partial charge on any atom is 0.264 e. The Morgan fingerprint density at radius 2 is 1.94 bits per heavy atom. The first-order valence-electron chi connectivity index (χ1n) is 11.0. The molecular weight excluding hydrogens is 446 g/mol. The van der Waals surface area contributed by atoms with Crippen LogP contribution in [0.25, 0.3) is 21.0 Å². The van der Waals surface area contributed by atoms with Crippen LogP contribution >= 0.6 is 11.3 Å². The zero-order chi connectivity index (χ0) is 23.5. The third kappa shape index (κ3) is 4.18. The second-order valence-electron chi connectivity index (χ2n) is 7.68. The number of hydrogen-bond acceptors (Lipinski definition) is 6. The van der Waals surface area contributed by atoms with Crippen molar-refractivity contribution < 1.29 is 14.3 Å². The number of thiazole rings is 1. The molecule has 0 atom stereocenters. The summed E-state index contributed by atoms with van der Waals surface area (Å²) in [6.07, 6.45) is 3.49. The van der Waals surface area contributed by atoms with Gasteiger partial charge >= 0.3 is 0 Å². The SMILES string of the molecule is CCOc1ccc2ccccc2c1C(=O)N(Cc1cccnc1)c1nc2ccc(OC)cc2s1. The molecule has 5 aromatic rings. The number of carbonyl (C=O) groups excluding carboxylic acids is 1. The fourth-order valence-electron chi connectivity index (χ4n) is 3.92. The number of nitrogens with zero attached hydrogens (tertiary/aromatic N) is 3. The monoisotopic (exact) mass is 469 g/mol. The van der Waals surface area contributed by atoms with Crippen molar-refractivity contribution in [2.75, 3.05) is 18.6 Å². The maximum atomic E-state index is 14.2. The summed E-state index contributed by atoms with van der Waals surface area (Å²) < 4.78 is 12.2. The lowest BCUT2D eigenvalue weighted by Gasteiger charge is -2.22. The van der Waals surface area contributed by atoms with Gasteiger partial charge in [-0.05, 0) is 53.6 Å². The molecule has 3 aromatic carbocycles. The molecule has 0 spiro atoms. The van der Waals surface area contributed by atoms with Gasteiger partial charge in [-0.1, -0.05) is 47.7 Å². The van der Waals surface area contributed by atoms with E-state index in [-0.39, 0.29) is 5.91 Å². The van der Waals surface area contributed by atoms with Crippen LogP contribution in [0.4, 0.5) is 5.13 Å². The fraction of sp³-hybridized carbons (Fsp3) is 0.148. The lowest BCUT2D eigenvalue weighted by atomic mass is 10.0. The van der Waals surface area contributed by atoms with Crippen molar-refractivity contribution in [1.82, 2.24) is 9.97 Å². The number of ether oxygens (including phenoxy) is 2. The minimum absolute atomic E-state index is 0.171. The first kappa shape index (κ1) is 21.9. The smallest absolute Gasteiger partial charge is 0.264 e. The van der Waals surface area contributed by atoms with Gasteiger partial charge in [0, 0.05) is 12.4 Å². The molecule has 0 saturated carbocycles. The molecule has 0 saturated heterocycles. The molecule has 2 heterocycles. The summed E-state index contributed by atoms with van der Waals surface area (Å²) in [5.41, 5.74) is 2.25. The molecule has 170 valence electrons. The minimum atomic E-state index is -0.171. The predicted octanol–water partition coefficient (Wildman–Crippen LogP) is 6.10. The molecule has 0 unspecified atom stereocenters. The molecule has 2 aromatic heterocycles. The van der Waals surface area contributed by atoms with E-state index < -0.39 is 0 Å². The van der Waals surface area contributed by atoms with E-state index in [4.69, 9.17) is 14.5 Å². The molecule has 0 radical (unpaired) electrons. The Hall–Kier alpha value is -3.97. The van der Waals surface area contributed by atoms with Crippen molar-refractivity contribution in [2.45, 2.75) is 13.5 Å². The number of pyridine rings is 1. The number of anilines is 1. The number of methoxy groups -OCH3 is 1. The van der Waals surface area contributed by atoms with Crippen LogP contribution in [0.5, 0.6) is 11.5 Å². The predicted molar refractivity (Wildman–Crippen MR) is 136 cm³/mol. The average Bonchev–Trinajstić information content (AvgIpc) is 3.30. The summed E-state index contributed by atoms with van der Waals surface area (Å²) in [5, 5.41) is 2.43. The van der Waals surface area contributed by atoms with E-state index in [9.17, 15) is 4.79 Å². The topological polar surface area (TPSA) is 64.5 Å². The highest BCUT2D eigenvalue weighted by atomic mass is 32.1. The number of aromatic nitrogens is 2. The van der Waals surface area contributed by atoms with Crippen LogP contribution in [0.2, 0.25) is 0 Å². The zero-order valence-electron chi connectivity index (χ0n) is 18.9. The van der Waals surface area contributed by atoms with Crippen LogP contribution in [0, 0.1) is 0 Å². The third-order valence-electron chi connectivity index (χ3n) is 5.53. The second-order valence-corrected chi connectivity index (χ2v) is 8.68. The van der Waals surface area contributed by atoms with Crippen LogP contribution in [-0.2, 0) is 6.54 Å². The Morgan fingerprint density at radius 3 is 2.74 bits per heavy atom. The number of fused-ring (bicyclic) bond motifs is 2. The van der Waals surface area contributed by atoms with Gasteiger partial charge in [-0.2, -0.15) is 0 Å². The lowest BCUT2D eigenvalue weighted by Crippen LogP contribution is -2.31. The summed E-state index contributed by atoms with van der Waals surface area (Å²) in [4.78, 5) is 25.0. The Balaban J connectivity index is 1.67. The van der Waals surface area contributed by atoms with E-state index in [2.05, 4.69) is 4.98 Å². The molecule has 1 amide bonds. The average molecular weight is 470 g/mol. The highest BCUT2D eigenvalue weighted by molar-refractivity contribution is 7.22.